The van der Waals surface area contributed by atoms with Crippen molar-refractivity contribution in [1.82, 2.24) is 20.3 Å². The van der Waals surface area contributed by atoms with Gasteiger partial charge in [-0.05, 0) is 43.3 Å². The quantitative estimate of drug-likeness (QED) is 0.416. The molecule has 2 aromatic heterocycles. The lowest BCUT2D eigenvalue weighted by atomic mass is 10.1. The number of carbonyl (C=O) groups is 2. The zero-order valence-corrected chi connectivity index (χ0v) is 19.1. The van der Waals surface area contributed by atoms with Crippen LogP contribution in [0.1, 0.15) is 12.2 Å². The van der Waals surface area contributed by atoms with Crippen molar-refractivity contribution in [3.63, 3.8) is 0 Å². The van der Waals surface area contributed by atoms with E-state index >= 15 is 0 Å². The zero-order valence-electron chi connectivity index (χ0n) is 19.1. The van der Waals surface area contributed by atoms with Crippen molar-refractivity contribution in [1.29, 1.82) is 0 Å². The van der Waals surface area contributed by atoms with E-state index in [-0.39, 0.29) is 24.2 Å². The molecule has 2 amide bonds. The zero-order chi connectivity index (χ0) is 23.9. The third-order valence-corrected chi connectivity index (χ3v) is 5.37. The number of hydrogen-bond donors (Lipinski definition) is 3. The maximum Gasteiger partial charge on any atom is 0.227 e. The first kappa shape index (κ1) is 23.0. The standard InChI is InChI=1S/C24H27N7O3/c1-16-28-21(14-22(29-16)30-20-5-3-4-10-25-20)26-11-12-27-24(33)17-13-23(32)31(15-17)18-6-8-19(34-2)9-7-18/h3-10,14,17H,11-13,15H2,1-2H3,(H,27,33)(H2,25,26,28,29,30). The minimum Gasteiger partial charge on any atom is -0.497 e. The molecule has 0 saturated carbocycles. The Kier molecular flexibility index (Phi) is 7.16. The van der Waals surface area contributed by atoms with Crippen molar-refractivity contribution in [3.05, 3.63) is 60.6 Å². The molecule has 3 N–H and O–H groups in total. The second-order valence-electron chi connectivity index (χ2n) is 7.85. The molecular formula is C24H27N7O3. The molecule has 1 fully saturated rings. The van der Waals surface area contributed by atoms with Crippen LogP contribution in [0.25, 0.3) is 0 Å². The van der Waals surface area contributed by atoms with Crippen LogP contribution in [-0.4, -0.2) is 53.5 Å². The van der Waals surface area contributed by atoms with Gasteiger partial charge in [-0.15, -0.1) is 0 Å². The SMILES string of the molecule is COc1ccc(N2CC(C(=O)NCCNc3cc(Nc4ccccn4)nc(C)n3)CC2=O)cc1. The summed E-state index contributed by atoms with van der Waals surface area (Å²) < 4.78 is 5.16. The van der Waals surface area contributed by atoms with Gasteiger partial charge in [0.25, 0.3) is 0 Å². The van der Waals surface area contributed by atoms with Crippen molar-refractivity contribution >= 4 is 35.0 Å². The van der Waals surface area contributed by atoms with Gasteiger partial charge in [0.05, 0.1) is 13.0 Å². The smallest absolute Gasteiger partial charge is 0.227 e. The third-order valence-electron chi connectivity index (χ3n) is 5.37. The molecule has 0 bridgehead atoms. The van der Waals surface area contributed by atoms with Crippen LogP contribution in [-0.2, 0) is 9.59 Å². The number of methoxy groups -OCH3 is 1. The first-order valence-electron chi connectivity index (χ1n) is 11.0. The number of ether oxygens (including phenoxy) is 1. The molecule has 1 unspecified atom stereocenters. The largest absolute Gasteiger partial charge is 0.497 e. The van der Waals surface area contributed by atoms with E-state index in [9.17, 15) is 9.59 Å². The summed E-state index contributed by atoms with van der Waals surface area (Å²) >= 11 is 0. The van der Waals surface area contributed by atoms with Crippen molar-refractivity contribution in [2.45, 2.75) is 13.3 Å². The fourth-order valence-electron chi connectivity index (χ4n) is 3.71. The number of nitrogens with zero attached hydrogens (tertiary/aromatic N) is 4. The van der Waals surface area contributed by atoms with Gasteiger partial charge in [0.1, 0.15) is 29.0 Å². The number of anilines is 4. The molecule has 3 heterocycles. The van der Waals surface area contributed by atoms with E-state index in [1.807, 2.05) is 37.3 Å². The summed E-state index contributed by atoms with van der Waals surface area (Å²) in [5, 5.41) is 9.25. The number of benzene rings is 1. The van der Waals surface area contributed by atoms with Gasteiger partial charge < -0.3 is 25.6 Å². The third kappa shape index (κ3) is 5.77. The number of nitrogens with one attached hydrogen (secondary N) is 3. The average Bonchev–Trinajstić information content (AvgIpc) is 3.24. The number of hydrogen-bond acceptors (Lipinski definition) is 8. The molecule has 10 heteroatoms. The van der Waals surface area contributed by atoms with E-state index in [1.165, 1.54) is 0 Å². The molecule has 1 atom stereocenters. The van der Waals surface area contributed by atoms with Gasteiger partial charge in [0, 0.05) is 44.0 Å². The normalized spacial score (nSPS) is 15.2. The highest BCUT2D eigenvalue weighted by Crippen LogP contribution is 2.27. The maximum atomic E-state index is 12.6. The van der Waals surface area contributed by atoms with E-state index in [1.54, 1.807) is 36.4 Å². The van der Waals surface area contributed by atoms with Crippen LogP contribution in [0.15, 0.2) is 54.7 Å². The Morgan fingerprint density at radius 2 is 1.88 bits per heavy atom. The lowest BCUT2D eigenvalue weighted by Crippen LogP contribution is -2.35. The predicted molar refractivity (Wildman–Crippen MR) is 129 cm³/mol. The molecule has 0 aliphatic carbocycles. The van der Waals surface area contributed by atoms with E-state index < -0.39 is 0 Å². The van der Waals surface area contributed by atoms with Gasteiger partial charge in [-0.3, -0.25) is 9.59 Å². The summed E-state index contributed by atoms with van der Waals surface area (Å²) in [7, 11) is 1.59. The van der Waals surface area contributed by atoms with Crippen LogP contribution in [0.4, 0.5) is 23.1 Å². The highest BCUT2D eigenvalue weighted by molar-refractivity contribution is 6.00. The summed E-state index contributed by atoms with van der Waals surface area (Å²) in [5.41, 5.74) is 0.761. The molecule has 1 aromatic carbocycles. The Morgan fingerprint density at radius 3 is 2.62 bits per heavy atom. The van der Waals surface area contributed by atoms with Gasteiger partial charge in [-0.25, -0.2) is 15.0 Å². The van der Waals surface area contributed by atoms with Crippen LogP contribution in [0.2, 0.25) is 0 Å². The number of aromatic nitrogens is 3. The second kappa shape index (κ2) is 10.6. The van der Waals surface area contributed by atoms with E-state index in [0.29, 0.717) is 42.9 Å². The lowest BCUT2D eigenvalue weighted by molar-refractivity contribution is -0.126. The van der Waals surface area contributed by atoms with Gasteiger partial charge in [-0.1, -0.05) is 6.07 Å². The summed E-state index contributed by atoms with van der Waals surface area (Å²) in [6.07, 6.45) is 1.89. The van der Waals surface area contributed by atoms with Gasteiger partial charge in [0.15, 0.2) is 0 Å². The summed E-state index contributed by atoms with van der Waals surface area (Å²) in [6.45, 7) is 3.05. The van der Waals surface area contributed by atoms with E-state index in [0.717, 1.165) is 11.4 Å². The molecular weight excluding hydrogens is 434 g/mol. The molecule has 176 valence electrons. The first-order valence-corrected chi connectivity index (χ1v) is 11.0. The Morgan fingerprint density at radius 1 is 1.09 bits per heavy atom. The monoisotopic (exact) mass is 461 g/mol. The predicted octanol–water partition coefficient (Wildman–Crippen LogP) is 2.51. The maximum absolute atomic E-state index is 12.6. The molecule has 1 aliphatic heterocycles. The molecule has 1 saturated heterocycles. The minimum atomic E-state index is -0.384. The average molecular weight is 462 g/mol. The van der Waals surface area contributed by atoms with Crippen molar-refractivity contribution in [3.8, 4) is 5.75 Å². The number of amides is 2. The van der Waals surface area contributed by atoms with E-state index in [4.69, 9.17) is 4.74 Å². The second-order valence-corrected chi connectivity index (χ2v) is 7.85. The van der Waals surface area contributed by atoms with Crippen LogP contribution in [0, 0.1) is 12.8 Å². The van der Waals surface area contributed by atoms with Gasteiger partial charge in [-0.2, -0.15) is 0 Å². The Balaban J connectivity index is 1.25. The van der Waals surface area contributed by atoms with Crippen molar-refractivity contribution in [2.75, 3.05) is 42.3 Å². The molecule has 0 radical (unpaired) electrons. The minimum absolute atomic E-state index is 0.0622. The van der Waals surface area contributed by atoms with E-state index in [2.05, 4.69) is 30.9 Å². The summed E-state index contributed by atoms with van der Waals surface area (Å²) in [5.74, 6) is 2.70. The molecule has 1 aliphatic rings. The van der Waals surface area contributed by atoms with Crippen molar-refractivity contribution in [2.24, 2.45) is 5.92 Å². The highest BCUT2D eigenvalue weighted by atomic mass is 16.5. The number of carbonyl (C=O) groups excluding carboxylic acids is 2. The van der Waals surface area contributed by atoms with Crippen molar-refractivity contribution < 1.29 is 14.3 Å². The van der Waals surface area contributed by atoms with Crippen LogP contribution < -0.4 is 25.6 Å². The van der Waals surface area contributed by atoms with Gasteiger partial charge in [0.2, 0.25) is 11.8 Å². The number of pyridine rings is 1. The fraction of sp³-hybridized carbons (Fsp3) is 0.292. The molecule has 0 spiro atoms. The molecule has 34 heavy (non-hydrogen) atoms. The van der Waals surface area contributed by atoms with Crippen LogP contribution >= 0.6 is 0 Å². The van der Waals surface area contributed by atoms with Crippen LogP contribution in [0.3, 0.4) is 0 Å². The first-order chi connectivity index (χ1) is 16.5. The number of rotatable bonds is 9. The Hall–Kier alpha value is -4.21. The highest BCUT2D eigenvalue weighted by Gasteiger charge is 2.34. The molecule has 3 aromatic rings. The van der Waals surface area contributed by atoms with Gasteiger partial charge >= 0.3 is 0 Å². The van der Waals surface area contributed by atoms with Crippen LogP contribution in [0.5, 0.6) is 5.75 Å². The summed E-state index contributed by atoms with van der Waals surface area (Å²) in [4.78, 5) is 39.7. The number of aryl methyl sites for hydroxylation is 1. The fourth-order valence-corrected chi connectivity index (χ4v) is 3.71. The molecule has 4 rings (SSSR count). The Bertz CT molecular complexity index is 1140. The summed E-state index contributed by atoms with van der Waals surface area (Å²) in [6, 6.07) is 14.6. The Labute approximate surface area is 197 Å². The lowest BCUT2D eigenvalue weighted by Gasteiger charge is -2.17. The molecule has 10 nitrogen and oxygen atoms in total. The topological polar surface area (TPSA) is 121 Å².